The Morgan fingerprint density at radius 2 is 1.73 bits per heavy atom. The van der Waals surface area contributed by atoms with E-state index in [0.29, 0.717) is 46.7 Å². The fourth-order valence-corrected chi connectivity index (χ4v) is 2.17. The van der Waals surface area contributed by atoms with Crippen molar-refractivity contribution in [3.8, 4) is 17.2 Å². The van der Waals surface area contributed by atoms with Gasteiger partial charge in [0.25, 0.3) is 6.47 Å². The number of ether oxygens (including phenoxy) is 3. The molecule has 2 rings (SSSR count). The molecule has 0 N–H and O–H groups in total. The summed E-state index contributed by atoms with van der Waals surface area (Å²) < 4.78 is 15.1. The van der Waals surface area contributed by atoms with Crippen LogP contribution in [0.4, 0.5) is 0 Å². The van der Waals surface area contributed by atoms with Crippen LogP contribution in [-0.2, 0) is 14.4 Å². The molecule has 2 aromatic carbocycles. The van der Waals surface area contributed by atoms with Gasteiger partial charge in [-0.2, -0.15) is 0 Å². The topological polar surface area (TPSA) is 78.9 Å². The molecule has 2 aromatic rings. The first-order chi connectivity index (χ1) is 12.6. The minimum Gasteiger partial charge on any atom is -0.496 e. The van der Waals surface area contributed by atoms with Crippen LogP contribution in [0.15, 0.2) is 55.1 Å². The number of hydrogen-bond acceptors (Lipinski definition) is 6. The Morgan fingerprint density at radius 3 is 2.31 bits per heavy atom. The molecule has 0 atom stereocenters. The third-order valence-corrected chi connectivity index (χ3v) is 3.40. The van der Waals surface area contributed by atoms with E-state index in [0.717, 1.165) is 6.08 Å². The molecule has 0 heterocycles. The Hall–Kier alpha value is -3.67. The monoisotopic (exact) mass is 352 g/mol. The van der Waals surface area contributed by atoms with Crippen molar-refractivity contribution in [3.05, 3.63) is 66.2 Å². The van der Waals surface area contributed by atoms with Crippen LogP contribution in [-0.4, -0.2) is 25.8 Å². The Kier molecular flexibility index (Phi) is 6.45. The lowest BCUT2D eigenvalue weighted by Gasteiger charge is -2.09. The van der Waals surface area contributed by atoms with Gasteiger partial charge >= 0.3 is 5.97 Å². The summed E-state index contributed by atoms with van der Waals surface area (Å²) >= 11 is 0. The van der Waals surface area contributed by atoms with E-state index < -0.39 is 5.97 Å². The molecule has 0 bridgehead atoms. The summed E-state index contributed by atoms with van der Waals surface area (Å²) in [6.07, 6.45) is 3.41. The van der Waals surface area contributed by atoms with Gasteiger partial charge in [0, 0.05) is 23.3 Å². The van der Waals surface area contributed by atoms with Crippen molar-refractivity contribution in [2.24, 2.45) is 0 Å². The Labute approximate surface area is 150 Å². The summed E-state index contributed by atoms with van der Waals surface area (Å²) in [5.74, 6) is 0.521. The number of carbonyl (C=O) groups is 3. The van der Waals surface area contributed by atoms with Gasteiger partial charge in [0.15, 0.2) is 6.29 Å². The van der Waals surface area contributed by atoms with Gasteiger partial charge < -0.3 is 14.2 Å². The first kappa shape index (κ1) is 18.7. The zero-order chi connectivity index (χ0) is 18.9. The zero-order valence-corrected chi connectivity index (χ0v) is 14.0. The Morgan fingerprint density at radius 1 is 1.04 bits per heavy atom. The summed E-state index contributed by atoms with van der Waals surface area (Å²) in [5, 5.41) is 0. The van der Waals surface area contributed by atoms with Crippen molar-refractivity contribution in [3.63, 3.8) is 0 Å². The molecule has 26 heavy (non-hydrogen) atoms. The number of esters is 1. The van der Waals surface area contributed by atoms with Crippen molar-refractivity contribution in [1.29, 1.82) is 0 Å². The summed E-state index contributed by atoms with van der Waals surface area (Å²) in [6.45, 7) is 3.67. The van der Waals surface area contributed by atoms with E-state index in [9.17, 15) is 14.4 Å². The second-order valence-electron chi connectivity index (χ2n) is 4.98. The van der Waals surface area contributed by atoms with Crippen LogP contribution < -0.4 is 14.2 Å². The molecule has 6 nitrogen and oxygen atoms in total. The minimum absolute atomic E-state index is 0.298. The van der Waals surface area contributed by atoms with Gasteiger partial charge in [0.1, 0.15) is 17.2 Å². The molecule has 0 aromatic heterocycles. The molecule has 0 radical (unpaired) electrons. The maximum absolute atomic E-state index is 11.5. The van der Waals surface area contributed by atoms with E-state index in [4.69, 9.17) is 14.2 Å². The quantitative estimate of drug-likeness (QED) is 0.239. The van der Waals surface area contributed by atoms with Gasteiger partial charge in [-0.15, -0.1) is 0 Å². The average Bonchev–Trinajstić information content (AvgIpc) is 2.67. The van der Waals surface area contributed by atoms with Gasteiger partial charge in [0.2, 0.25) is 0 Å². The van der Waals surface area contributed by atoms with Gasteiger partial charge in [-0.25, -0.2) is 4.79 Å². The molecule has 6 heteroatoms. The van der Waals surface area contributed by atoms with Crippen LogP contribution >= 0.6 is 0 Å². The average molecular weight is 352 g/mol. The van der Waals surface area contributed by atoms with E-state index in [-0.39, 0.29) is 0 Å². The highest BCUT2D eigenvalue weighted by Gasteiger charge is 2.08. The van der Waals surface area contributed by atoms with E-state index >= 15 is 0 Å². The van der Waals surface area contributed by atoms with Crippen LogP contribution in [0.3, 0.4) is 0 Å². The SMILES string of the molecule is C=CC(=O)Oc1ccc(/C=C(\C=O)c2ccc(OC=O)cc2)c(OC)c1. The second-order valence-corrected chi connectivity index (χ2v) is 4.98. The number of methoxy groups -OCH3 is 1. The molecule has 0 spiro atoms. The van der Waals surface area contributed by atoms with Crippen LogP contribution in [0.1, 0.15) is 11.1 Å². The largest absolute Gasteiger partial charge is 0.496 e. The fraction of sp³-hybridized carbons (Fsp3) is 0.0500. The predicted molar refractivity (Wildman–Crippen MR) is 95.9 cm³/mol. The molecular formula is C20H16O6. The van der Waals surface area contributed by atoms with E-state index in [1.54, 1.807) is 42.5 Å². The molecular weight excluding hydrogens is 336 g/mol. The van der Waals surface area contributed by atoms with Gasteiger partial charge in [0.05, 0.1) is 7.11 Å². The Balaban J connectivity index is 2.35. The minimum atomic E-state index is -0.582. The van der Waals surface area contributed by atoms with Gasteiger partial charge in [-0.05, 0) is 35.9 Å². The predicted octanol–water partition coefficient (Wildman–Crippen LogP) is 3.06. The summed E-state index contributed by atoms with van der Waals surface area (Å²) in [7, 11) is 1.47. The lowest BCUT2D eigenvalue weighted by atomic mass is 10.0. The molecule has 0 saturated heterocycles. The number of carbonyl (C=O) groups excluding carboxylic acids is 3. The van der Waals surface area contributed by atoms with Crippen molar-refractivity contribution >= 4 is 30.4 Å². The fourth-order valence-electron chi connectivity index (χ4n) is 2.17. The van der Waals surface area contributed by atoms with Gasteiger partial charge in [-0.1, -0.05) is 18.7 Å². The van der Waals surface area contributed by atoms with Crippen molar-refractivity contribution in [2.45, 2.75) is 0 Å². The van der Waals surface area contributed by atoms with Crippen LogP contribution in [0.5, 0.6) is 17.2 Å². The van der Waals surface area contributed by atoms with E-state index in [2.05, 4.69) is 6.58 Å². The molecule has 0 aliphatic carbocycles. The third-order valence-electron chi connectivity index (χ3n) is 3.40. The first-order valence-corrected chi connectivity index (χ1v) is 7.51. The van der Waals surface area contributed by atoms with E-state index in [1.807, 2.05) is 0 Å². The first-order valence-electron chi connectivity index (χ1n) is 7.51. The number of aldehydes is 1. The molecule has 0 aliphatic rings. The number of hydrogen-bond donors (Lipinski definition) is 0. The molecule has 0 unspecified atom stereocenters. The van der Waals surface area contributed by atoms with Crippen molar-refractivity contribution in [1.82, 2.24) is 0 Å². The highest BCUT2D eigenvalue weighted by molar-refractivity contribution is 6.13. The van der Waals surface area contributed by atoms with Gasteiger partial charge in [-0.3, -0.25) is 9.59 Å². The standard InChI is InChI=1S/C20H16O6/c1-3-20(23)26-18-9-6-15(19(11-18)24-2)10-16(12-21)14-4-7-17(8-5-14)25-13-22/h3-13H,1H2,2H3/b16-10+. The second kappa shape index (κ2) is 8.98. The normalized spacial score (nSPS) is 10.6. The molecule has 0 aliphatic heterocycles. The molecule has 132 valence electrons. The highest BCUT2D eigenvalue weighted by Crippen LogP contribution is 2.29. The summed E-state index contributed by atoms with van der Waals surface area (Å²) in [6, 6.07) is 11.3. The maximum Gasteiger partial charge on any atom is 0.335 e. The van der Waals surface area contributed by atoms with Crippen molar-refractivity contribution in [2.75, 3.05) is 7.11 Å². The Bertz CT molecular complexity index is 849. The molecule has 0 saturated carbocycles. The number of rotatable bonds is 8. The number of benzene rings is 2. The summed E-state index contributed by atoms with van der Waals surface area (Å²) in [5.41, 5.74) is 1.67. The van der Waals surface area contributed by atoms with E-state index in [1.165, 1.54) is 13.2 Å². The molecule has 0 amide bonds. The number of allylic oxidation sites excluding steroid dienone is 1. The summed E-state index contributed by atoms with van der Waals surface area (Å²) in [4.78, 5) is 33.1. The molecule has 0 fully saturated rings. The lowest BCUT2D eigenvalue weighted by molar-refractivity contribution is -0.129. The van der Waals surface area contributed by atoms with Crippen LogP contribution in [0, 0.1) is 0 Å². The zero-order valence-electron chi connectivity index (χ0n) is 14.0. The van der Waals surface area contributed by atoms with Crippen LogP contribution in [0.25, 0.3) is 11.6 Å². The van der Waals surface area contributed by atoms with Crippen molar-refractivity contribution < 1.29 is 28.6 Å². The van der Waals surface area contributed by atoms with Crippen LogP contribution in [0.2, 0.25) is 0 Å². The highest BCUT2D eigenvalue weighted by atomic mass is 16.5. The maximum atomic E-state index is 11.5. The smallest absolute Gasteiger partial charge is 0.335 e. The third kappa shape index (κ3) is 4.67. The lowest BCUT2D eigenvalue weighted by Crippen LogP contribution is -2.03.